The lowest BCUT2D eigenvalue weighted by Crippen LogP contribution is -2.30. The van der Waals surface area contributed by atoms with E-state index in [-0.39, 0.29) is 11.4 Å². The number of hydrogen-bond acceptors (Lipinski definition) is 5. The zero-order valence-electron chi connectivity index (χ0n) is 16.1. The Hall–Kier alpha value is -3.39. The van der Waals surface area contributed by atoms with Crippen LogP contribution in [-0.4, -0.2) is 30.1 Å². The van der Waals surface area contributed by atoms with Gasteiger partial charge in [-0.2, -0.15) is 0 Å². The number of aryl methyl sites for hydroxylation is 1. The van der Waals surface area contributed by atoms with Gasteiger partial charge in [0.25, 0.3) is 10.0 Å². The summed E-state index contributed by atoms with van der Waals surface area (Å²) in [5, 5.41) is 7.75. The van der Waals surface area contributed by atoms with Crippen molar-refractivity contribution in [3.05, 3.63) is 84.3 Å². The fourth-order valence-corrected chi connectivity index (χ4v) is 4.57. The van der Waals surface area contributed by atoms with Gasteiger partial charge in [-0.15, -0.1) is 10.2 Å². The minimum Gasteiger partial charge on any atom is -0.497 e. The Morgan fingerprint density at radius 1 is 1.07 bits per heavy atom. The second kappa shape index (κ2) is 7.56. The van der Waals surface area contributed by atoms with Gasteiger partial charge >= 0.3 is 0 Å². The van der Waals surface area contributed by atoms with Crippen molar-refractivity contribution >= 4 is 21.4 Å². The molecule has 0 unspecified atom stereocenters. The third kappa shape index (κ3) is 3.79. The maximum atomic E-state index is 13.6. The van der Waals surface area contributed by atoms with E-state index in [9.17, 15) is 8.42 Å². The minimum atomic E-state index is -3.84. The number of hydrogen-bond donors (Lipinski definition) is 0. The number of rotatable bonds is 6. The summed E-state index contributed by atoms with van der Waals surface area (Å²) in [6, 6.07) is 18.0. The number of methoxy groups -OCH3 is 1. The van der Waals surface area contributed by atoms with Crippen LogP contribution in [0.25, 0.3) is 5.65 Å². The van der Waals surface area contributed by atoms with Gasteiger partial charge in [0, 0.05) is 6.20 Å². The molecule has 0 aliphatic heterocycles. The fraction of sp³-hybridized carbons (Fsp3) is 0.143. The smallest absolute Gasteiger partial charge is 0.266 e. The van der Waals surface area contributed by atoms with Crippen molar-refractivity contribution in [2.75, 3.05) is 11.4 Å². The number of anilines is 1. The highest BCUT2D eigenvalue weighted by Gasteiger charge is 2.26. The summed E-state index contributed by atoms with van der Waals surface area (Å²) in [6.07, 6.45) is 3.01. The normalized spacial score (nSPS) is 11.5. The molecule has 2 aromatic heterocycles. The number of fused-ring (bicyclic) bond motifs is 1. The average Bonchev–Trinajstić information content (AvgIpc) is 3.20. The molecule has 0 N–H and O–H groups in total. The van der Waals surface area contributed by atoms with E-state index in [1.54, 1.807) is 29.7 Å². The zero-order valence-corrected chi connectivity index (χ0v) is 16.9. The monoisotopic (exact) mass is 408 g/mol. The van der Waals surface area contributed by atoms with Crippen LogP contribution >= 0.6 is 0 Å². The molecule has 148 valence electrons. The number of pyridine rings is 1. The van der Waals surface area contributed by atoms with E-state index in [0.717, 1.165) is 11.1 Å². The van der Waals surface area contributed by atoms with Gasteiger partial charge in [-0.25, -0.2) is 8.42 Å². The molecule has 2 aromatic carbocycles. The Kier molecular flexibility index (Phi) is 4.94. The molecule has 0 fully saturated rings. The lowest BCUT2D eigenvalue weighted by molar-refractivity contribution is 0.414. The summed E-state index contributed by atoms with van der Waals surface area (Å²) in [4.78, 5) is 0.161. The molecule has 0 spiro atoms. The summed E-state index contributed by atoms with van der Waals surface area (Å²) in [6.45, 7) is 2.10. The number of sulfonamides is 1. The van der Waals surface area contributed by atoms with E-state index in [0.29, 0.717) is 17.1 Å². The van der Waals surface area contributed by atoms with Crippen molar-refractivity contribution < 1.29 is 13.2 Å². The van der Waals surface area contributed by atoms with Gasteiger partial charge < -0.3 is 4.74 Å². The van der Waals surface area contributed by atoms with Gasteiger partial charge in [0.1, 0.15) is 17.0 Å². The topological polar surface area (TPSA) is 76.8 Å². The first-order chi connectivity index (χ1) is 14.0. The molecule has 0 radical (unpaired) electrons. The van der Waals surface area contributed by atoms with Gasteiger partial charge in [-0.05, 0) is 54.4 Å². The molecule has 0 amide bonds. The summed E-state index contributed by atoms with van der Waals surface area (Å²) in [5.41, 5.74) is 2.97. The van der Waals surface area contributed by atoms with Crippen LogP contribution in [0.2, 0.25) is 0 Å². The SMILES string of the molecule is COc1cccc(CN(c2cccc(C)c2)S(=O)(=O)c2ccc3nncn3c2)c1. The minimum absolute atomic E-state index is 0.161. The van der Waals surface area contributed by atoms with Gasteiger partial charge in [0.05, 0.1) is 19.3 Å². The molecule has 4 rings (SSSR count). The second-order valence-electron chi connectivity index (χ2n) is 6.66. The van der Waals surface area contributed by atoms with Crippen molar-refractivity contribution in [1.29, 1.82) is 0 Å². The first-order valence-electron chi connectivity index (χ1n) is 8.99. The number of benzene rings is 2. The highest BCUT2D eigenvalue weighted by atomic mass is 32.2. The number of nitrogens with zero attached hydrogens (tertiary/aromatic N) is 4. The first-order valence-corrected chi connectivity index (χ1v) is 10.4. The van der Waals surface area contributed by atoms with Crippen molar-refractivity contribution in [3.8, 4) is 5.75 Å². The van der Waals surface area contributed by atoms with E-state index in [1.165, 1.54) is 16.8 Å². The highest BCUT2D eigenvalue weighted by Crippen LogP contribution is 2.27. The summed E-state index contributed by atoms with van der Waals surface area (Å²) >= 11 is 0. The summed E-state index contributed by atoms with van der Waals surface area (Å²) in [5.74, 6) is 0.676. The van der Waals surface area contributed by atoms with Gasteiger partial charge in [-0.3, -0.25) is 8.71 Å². The molecule has 0 aliphatic rings. The Balaban J connectivity index is 1.81. The van der Waals surface area contributed by atoms with Gasteiger partial charge in [0.2, 0.25) is 0 Å². The Morgan fingerprint density at radius 2 is 1.90 bits per heavy atom. The van der Waals surface area contributed by atoms with Crippen LogP contribution in [0.4, 0.5) is 5.69 Å². The Labute approximate surface area is 169 Å². The summed E-state index contributed by atoms with van der Waals surface area (Å²) < 4.78 is 35.5. The number of aromatic nitrogens is 3. The van der Waals surface area contributed by atoms with E-state index in [1.807, 2.05) is 49.4 Å². The van der Waals surface area contributed by atoms with Crippen LogP contribution in [0.15, 0.2) is 78.1 Å². The van der Waals surface area contributed by atoms with Crippen molar-refractivity contribution in [3.63, 3.8) is 0 Å². The molecular weight excluding hydrogens is 388 g/mol. The van der Waals surface area contributed by atoms with Crippen molar-refractivity contribution in [2.24, 2.45) is 0 Å². The van der Waals surface area contributed by atoms with Crippen LogP contribution in [-0.2, 0) is 16.6 Å². The quantitative estimate of drug-likeness (QED) is 0.488. The van der Waals surface area contributed by atoms with Crippen molar-refractivity contribution in [2.45, 2.75) is 18.4 Å². The molecule has 0 bridgehead atoms. The molecular formula is C21H20N4O3S. The van der Waals surface area contributed by atoms with Crippen molar-refractivity contribution in [1.82, 2.24) is 14.6 Å². The average molecular weight is 408 g/mol. The van der Waals surface area contributed by atoms with Crippen LogP contribution in [0, 0.1) is 6.92 Å². The molecule has 8 heteroatoms. The largest absolute Gasteiger partial charge is 0.497 e. The highest BCUT2D eigenvalue weighted by molar-refractivity contribution is 7.92. The van der Waals surface area contributed by atoms with E-state index < -0.39 is 10.0 Å². The van der Waals surface area contributed by atoms with Crippen LogP contribution < -0.4 is 9.04 Å². The lowest BCUT2D eigenvalue weighted by Gasteiger charge is -2.25. The van der Waals surface area contributed by atoms with Gasteiger partial charge in [0.15, 0.2) is 5.65 Å². The van der Waals surface area contributed by atoms with Crippen LogP contribution in [0.3, 0.4) is 0 Å². The van der Waals surface area contributed by atoms with Crippen LogP contribution in [0.1, 0.15) is 11.1 Å². The first kappa shape index (κ1) is 18.9. The molecule has 7 nitrogen and oxygen atoms in total. The van der Waals surface area contributed by atoms with E-state index in [4.69, 9.17) is 4.74 Å². The van der Waals surface area contributed by atoms with E-state index >= 15 is 0 Å². The standard InChI is InChI=1S/C21H20N4O3S/c1-16-5-3-7-18(11-16)25(13-17-6-4-8-19(12-17)28-2)29(26,27)20-9-10-21-23-22-15-24(21)14-20/h3-12,14-15H,13H2,1-2H3. The molecule has 29 heavy (non-hydrogen) atoms. The Morgan fingerprint density at radius 3 is 2.69 bits per heavy atom. The van der Waals surface area contributed by atoms with Crippen LogP contribution in [0.5, 0.6) is 5.75 Å². The molecule has 0 saturated heterocycles. The predicted octanol–water partition coefficient (Wildman–Crippen LogP) is 3.44. The molecule has 0 saturated carbocycles. The lowest BCUT2D eigenvalue weighted by atomic mass is 10.2. The zero-order chi connectivity index (χ0) is 20.4. The maximum Gasteiger partial charge on any atom is 0.266 e. The molecule has 0 atom stereocenters. The fourth-order valence-electron chi connectivity index (χ4n) is 3.12. The summed E-state index contributed by atoms with van der Waals surface area (Å²) in [7, 11) is -2.26. The predicted molar refractivity (Wildman–Crippen MR) is 111 cm³/mol. The van der Waals surface area contributed by atoms with E-state index in [2.05, 4.69) is 10.2 Å². The third-order valence-electron chi connectivity index (χ3n) is 4.60. The Bertz CT molecular complexity index is 1270. The second-order valence-corrected chi connectivity index (χ2v) is 8.53. The number of ether oxygens (including phenoxy) is 1. The van der Waals surface area contributed by atoms with Gasteiger partial charge in [-0.1, -0.05) is 24.3 Å². The molecule has 2 heterocycles. The molecule has 0 aliphatic carbocycles. The molecule has 4 aromatic rings. The maximum absolute atomic E-state index is 13.6. The third-order valence-corrected chi connectivity index (χ3v) is 6.36.